The number of nitrogens with zero attached hydrogens (tertiary/aromatic N) is 3. The van der Waals surface area contributed by atoms with Gasteiger partial charge < -0.3 is 14.8 Å². The Morgan fingerprint density at radius 3 is 2.78 bits per heavy atom. The number of rotatable bonds is 6. The number of fused-ring (bicyclic) bond motifs is 1. The van der Waals surface area contributed by atoms with Crippen molar-refractivity contribution in [2.75, 3.05) is 12.1 Å². The molecule has 5 rings (SSSR count). The van der Waals surface area contributed by atoms with E-state index in [1.54, 1.807) is 4.68 Å². The molecule has 0 unspecified atom stereocenters. The molecule has 3 heterocycles. The minimum Gasteiger partial charge on any atom is -0.454 e. The van der Waals surface area contributed by atoms with E-state index in [0.717, 1.165) is 28.3 Å². The van der Waals surface area contributed by atoms with Crippen LogP contribution in [0.3, 0.4) is 0 Å². The third-order valence-electron chi connectivity index (χ3n) is 5.35. The molecule has 0 fully saturated rings. The second kappa shape index (κ2) is 8.47. The maximum atomic E-state index is 13.1. The number of carbonyl (C=O) groups excluding carboxylic acids is 1. The molecule has 1 aliphatic rings. The van der Waals surface area contributed by atoms with Gasteiger partial charge in [-0.15, -0.1) is 11.3 Å². The Labute approximate surface area is 189 Å². The molecule has 8 heteroatoms. The molecule has 1 aliphatic heterocycles. The highest BCUT2D eigenvalue weighted by Crippen LogP contribution is 2.36. The molecule has 32 heavy (non-hydrogen) atoms. The van der Waals surface area contributed by atoms with Crippen LogP contribution >= 0.6 is 11.3 Å². The molecule has 7 nitrogen and oxygen atoms in total. The molecule has 0 aliphatic carbocycles. The summed E-state index contributed by atoms with van der Waals surface area (Å²) < 4.78 is 12.5. The molecular weight excluding hydrogens is 424 g/mol. The van der Waals surface area contributed by atoms with E-state index in [1.807, 2.05) is 73.8 Å². The van der Waals surface area contributed by atoms with Crippen LogP contribution in [0.4, 0.5) is 5.82 Å². The molecule has 0 bridgehead atoms. The van der Waals surface area contributed by atoms with E-state index in [4.69, 9.17) is 14.5 Å². The lowest BCUT2D eigenvalue weighted by atomic mass is 9.96. The second-order valence-corrected chi connectivity index (χ2v) is 8.36. The molecule has 0 radical (unpaired) electrons. The van der Waals surface area contributed by atoms with E-state index in [0.29, 0.717) is 23.1 Å². The summed E-state index contributed by atoms with van der Waals surface area (Å²) in [6, 6.07) is 17.4. The number of amides is 1. The predicted molar refractivity (Wildman–Crippen MR) is 124 cm³/mol. The van der Waals surface area contributed by atoms with Gasteiger partial charge in [0.05, 0.1) is 17.3 Å². The van der Waals surface area contributed by atoms with Crippen LogP contribution in [0.5, 0.6) is 11.5 Å². The number of carbonyl (C=O) groups is 1. The second-order valence-electron chi connectivity index (χ2n) is 7.53. The number of hydrogen-bond donors (Lipinski definition) is 1. The lowest BCUT2D eigenvalue weighted by Gasteiger charge is -2.15. The van der Waals surface area contributed by atoms with Gasteiger partial charge >= 0.3 is 0 Å². The van der Waals surface area contributed by atoms with Crippen LogP contribution in [0.15, 0.2) is 60.0 Å². The summed E-state index contributed by atoms with van der Waals surface area (Å²) in [5.41, 5.74) is 3.54. The average molecular weight is 447 g/mol. The number of aryl methyl sites for hydroxylation is 1. The van der Waals surface area contributed by atoms with Gasteiger partial charge in [-0.3, -0.25) is 4.79 Å². The minimum absolute atomic E-state index is 0.0626. The van der Waals surface area contributed by atoms with Gasteiger partial charge in [0.25, 0.3) is 0 Å². The predicted octanol–water partition coefficient (Wildman–Crippen LogP) is 5.17. The first-order chi connectivity index (χ1) is 15.6. The van der Waals surface area contributed by atoms with Gasteiger partial charge in [0, 0.05) is 17.0 Å². The minimum atomic E-state index is -0.236. The normalized spacial score (nSPS) is 13.2. The fourth-order valence-corrected chi connectivity index (χ4v) is 4.55. The molecule has 0 saturated heterocycles. The maximum Gasteiger partial charge on any atom is 0.233 e. The van der Waals surface area contributed by atoms with E-state index in [2.05, 4.69) is 10.4 Å². The fraction of sp³-hybridized carbons (Fsp3) is 0.208. The summed E-state index contributed by atoms with van der Waals surface area (Å²) in [5, 5.41) is 10.3. The van der Waals surface area contributed by atoms with Gasteiger partial charge in [0.1, 0.15) is 5.82 Å². The summed E-state index contributed by atoms with van der Waals surface area (Å²) in [6.07, 6.45) is 0.703. The van der Waals surface area contributed by atoms with Gasteiger partial charge in [0.2, 0.25) is 17.8 Å². The SMILES string of the molecule is CC[C@@H](C(=O)Nc1cc(C)nn1-c1nc(-c2ccc3c(c2)OCO3)cs1)c1ccccc1. The standard InChI is InChI=1S/C24H22N4O3S/c1-3-18(16-7-5-4-6-8-16)23(29)26-22-11-15(2)27-28(22)24-25-19(13-32-24)17-9-10-20-21(12-17)31-14-30-20/h4-13,18H,3,14H2,1-2H3,(H,26,29)/t18-/m1/s1. The number of nitrogens with one attached hydrogen (secondary N) is 1. The molecule has 1 amide bonds. The highest BCUT2D eigenvalue weighted by molar-refractivity contribution is 7.12. The first kappa shape index (κ1) is 20.3. The number of aromatic nitrogens is 3. The Kier molecular flexibility index (Phi) is 5.36. The van der Waals surface area contributed by atoms with Crippen molar-refractivity contribution in [2.45, 2.75) is 26.2 Å². The summed E-state index contributed by atoms with van der Waals surface area (Å²) in [6.45, 7) is 4.14. The monoisotopic (exact) mass is 446 g/mol. The lowest BCUT2D eigenvalue weighted by Crippen LogP contribution is -2.22. The van der Waals surface area contributed by atoms with Crippen molar-refractivity contribution >= 4 is 23.1 Å². The van der Waals surface area contributed by atoms with Gasteiger partial charge in [-0.1, -0.05) is 37.3 Å². The van der Waals surface area contributed by atoms with Crippen molar-refractivity contribution in [3.8, 4) is 27.9 Å². The quantitative estimate of drug-likeness (QED) is 0.442. The largest absolute Gasteiger partial charge is 0.454 e. The van der Waals surface area contributed by atoms with Gasteiger partial charge in [0.15, 0.2) is 11.5 Å². The molecule has 2 aromatic heterocycles. The van der Waals surface area contributed by atoms with E-state index in [-0.39, 0.29) is 18.6 Å². The van der Waals surface area contributed by atoms with Crippen LogP contribution in [0.25, 0.3) is 16.4 Å². The Hall–Kier alpha value is -3.65. The third-order valence-corrected chi connectivity index (χ3v) is 6.17. The maximum absolute atomic E-state index is 13.1. The topological polar surface area (TPSA) is 78.3 Å². The fourth-order valence-electron chi connectivity index (χ4n) is 3.76. The number of thiazole rings is 1. The van der Waals surface area contributed by atoms with Crippen LogP contribution in [-0.4, -0.2) is 27.5 Å². The Balaban J connectivity index is 1.41. The van der Waals surface area contributed by atoms with Crippen molar-refractivity contribution in [1.29, 1.82) is 0 Å². The van der Waals surface area contributed by atoms with Crippen molar-refractivity contribution in [3.63, 3.8) is 0 Å². The molecule has 0 saturated carbocycles. The van der Waals surface area contributed by atoms with Gasteiger partial charge in [-0.25, -0.2) is 4.98 Å². The third kappa shape index (κ3) is 3.85. The lowest BCUT2D eigenvalue weighted by molar-refractivity contribution is -0.117. The zero-order chi connectivity index (χ0) is 22.1. The molecule has 1 atom stereocenters. The number of ether oxygens (including phenoxy) is 2. The molecule has 4 aromatic rings. The molecule has 2 aromatic carbocycles. The highest BCUT2D eigenvalue weighted by atomic mass is 32.1. The van der Waals surface area contributed by atoms with Crippen molar-refractivity contribution < 1.29 is 14.3 Å². The van der Waals surface area contributed by atoms with Crippen molar-refractivity contribution in [1.82, 2.24) is 14.8 Å². The van der Waals surface area contributed by atoms with Gasteiger partial charge in [-0.2, -0.15) is 9.78 Å². The highest BCUT2D eigenvalue weighted by Gasteiger charge is 2.22. The molecular formula is C24H22N4O3S. The number of anilines is 1. The van der Waals surface area contributed by atoms with Crippen LogP contribution in [0, 0.1) is 6.92 Å². The molecule has 1 N–H and O–H groups in total. The summed E-state index contributed by atoms with van der Waals surface area (Å²) in [5.74, 6) is 1.76. The van der Waals surface area contributed by atoms with E-state index in [9.17, 15) is 4.79 Å². The van der Waals surface area contributed by atoms with Crippen LogP contribution in [0.1, 0.15) is 30.5 Å². The summed E-state index contributed by atoms with van der Waals surface area (Å²) in [7, 11) is 0. The first-order valence-electron chi connectivity index (χ1n) is 10.4. The van der Waals surface area contributed by atoms with E-state index >= 15 is 0 Å². The molecule has 0 spiro atoms. The zero-order valence-corrected chi connectivity index (χ0v) is 18.6. The van der Waals surface area contributed by atoms with Crippen LogP contribution < -0.4 is 14.8 Å². The van der Waals surface area contributed by atoms with Gasteiger partial charge in [-0.05, 0) is 37.1 Å². The zero-order valence-electron chi connectivity index (χ0n) is 17.7. The summed E-state index contributed by atoms with van der Waals surface area (Å²) >= 11 is 1.46. The van der Waals surface area contributed by atoms with Crippen LogP contribution in [0.2, 0.25) is 0 Å². The van der Waals surface area contributed by atoms with Crippen LogP contribution in [-0.2, 0) is 4.79 Å². The van der Waals surface area contributed by atoms with E-state index in [1.165, 1.54) is 11.3 Å². The number of benzene rings is 2. The average Bonchev–Trinajstić information content (AvgIpc) is 3.54. The molecule has 162 valence electrons. The number of hydrogen-bond acceptors (Lipinski definition) is 6. The van der Waals surface area contributed by atoms with E-state index < -0.39 is 0 Å². The smallest absolute Gasteiger partial charge is 0.233 e. The Morgan fingerprint density at radius 1 is 1.16 bits per heavy atom. The Bertz CT molecular complexity index is 1270. The summed E-state index contributed by atoms with van der Waals surface area (Å²) in [4.78, 5) is 17.8. The Morgan fingerprint density at radius 2 is 1.97 bits per heavy atom. The van der Waals surface area contributed by atoms with Crippen molar-refractivity contribution in [2.24, 2.45) is 0 Å². The van der Waals surface area contributed by atoms with Crippen molar-refractivity contribution in [3.05, 3.63) is 71.2 Å². The first-order valence-corrected chi connectivity index (χ1v) is 11.3.